The van der Waals surface area contributed by atoms with Crippen LogP contribution < -0.4 is 15.4 Å². The van der Waals surface area contributed by atoms with Crippen LogP contribution in [-0.4, -0.2) is 25.0 Å². The van der Waals surface area contributed by atoms with Crippen LogP contribution in [0.1, 0.15) is 17.3 Å². The predicted octanol–water partition coefficient (Wildman–Crippen LogP) is 2.59. The maximum absolute atomic E-state index is 13.4. The Bertz CT molecular complexity index is 686. The van der Waals surface area contributed by atoms with Crippen LogP contribution >= 0.6 is 0 Å². The third kappa shape index (κ3) is 4.81. The van der Waals surface area contributed by atoms with Gasteiger partial charge in [-0.25, -0.2) is 4.39 Å². The Morgan fingerprint density at radius 2 is 1.78 bits per heavy atom. The molecule has 2 aromatic rings. The molecule has 0 aromatic heterocycles. The fourth-order valence-corrected chi connectivity index (χ4v) is 1.91. The first kappa shape index (κ1) is 16.5. The highest BCUT2D eigenvalue weighted by Gasteiger charge is 2.12. The molecule has 0 bridgehead atoms. The molecule has 0 spiro atoms. The third-order valence-electron chi connectivity index (χ3n) is 2.98. The van der Waals surface area contributed by atoms with E-state index in [0.717, 1.165) is 0 Å². The Balaban J connectivity index is 1.85. The van der Waals surface area contributed by atoms with E-state index in [1.807, 2.05) is 6.92 Å². The average molecular weight is 316 g/mol. The Morgan fingerprint density at radius 3 is 2.43 bits per heavy atom. The lowest BCUT2D eigenvalue weighted by atomic mass is 10.2. The van der Waals surface area contributed by atoms with E-state index in [2.05, 4.69) is 10.6 Å². The second kappa shape index (κ2) is 7.93. The molecule has 120 valence electrons. The minimum atomic E-state index is -0.634. The van der Waals surface area contributed by atoms with Gasteiger partial charge in [0, 0.05) is 5.69 Å². The number of benzene rings is 2. The Labute approximate surface area is 133 Å². The molecular weight excluding hydrogens is 299 g/mol. The van der Waals surface area contributed by atoms with Crippen molar-refractivity contribution >= 4 is 17.5 Å². The topological polar surface area (TPSA) is 67.4 Å². The van der Waals surface area contributed by atoms with Gasteiger partial charge in [-0.15, -0.1) is 0 Å². The quantitative estimate of drug-likeness (QED) is 0.861. The fourth-order valence-electron chi connectivity index (χ4n) is 1.91. The van der Waals surface area contributed by atoms with Gasteiger partial charge in [0.25, 0.3) is 5.91 Å². The van der Waals surface area contributed by atoms with Crippen LogP contribution in [0.2, 0.25) is 0 Å². The summed E-state index contributed by atoms with van der Waals surface area (Å²) in [6.45, 7) is 2.20. The standard InChI is InChI=1S/C17H17FN2O3/c1-2-23-13-9-7-12(8-10-13)20-16(21)11-19-17(22)14-5-3-4-6-15(14)18/h3-10H,2,11H2,1H3,(H,19,22)(H,20,21). The van der Waals surface area contributed by atoms with E-state index in [9.17, 15) is 14.0 Å². The number of carbonyl (C=O) groups is 2. The number of anilines is 1. The summed E-state index contributed by atoms with van der Waals surface area (Å²) >= 11 is 0. The highest BCUT2D eigenvalue weighted by molar-refractivity contribution is 5.99. The van der Waals surface area contributed by atoms with Crippen LogP contribution in [0, 0.1) is 5.82 Å². The molecule has 0 fully saturated rings. The summed E-state index contributed by atoms with van der Waals surface area (Å²) in [5.74, 6) is -0.959. The van der Waals surface area contributed by atoms with E-state index < -0.39 is 17.6 Å². The third-order valence-corrected chi connectivity index (χ3v) is 2.98. The maximum Gasteiger partial charge on any atom is 0.254 e. The van der Waals surface area contributed by atoms with Crippen molar-refractivity contribution in [1.29, 1.82) is 0 Å². The Kier molecular flexibility index (Phi) is 5.68. The number of nitrogens with one attached hydrogen (secondary N) is 2. The van der Waals surface area contributed by atoms with Gasteiger partial charge in [0.05, 0.1) is 18.7 Å². The van der Waals surface area contributed by atoms with Crippen LogP contribution in [0.4, 0.5) is 10.1 Å². The van der Waals surface area contributed by atoms with Crippen LogP contribution in [0.5, 0.6) is 5.75 Å². The summed E-state index contributed by atoms with van der Waals surface area (Å²) in [6, 6.07) is 12.4. The first-order valence-electron chi connectivity index (χ1n) is 7.15. The van der Waals surface area contributed by atoms with E-state index in [1.165, 1.54) is 18.2 Å². The lowest BCUT2D eigenvalue weighted by molar-refractivity contribution is -0.115. The minimum absolute atomic E-state index is 0.0960. The smallest absolute Gasteiger partial charge is 0.254 e. The van der Waals surface area contributed by atoms with Crippen molar-refractivity contribution in [1.82, 2.24) is 5.32 Å². The maximum atomic E-state index is 13.4. The average Bonchev–Trinajstić information content (AvgIpc) is 2.55. The van der Waals surface area contributed by atoms with Crippen LogP contribution in [0.25, 0.3) is 0 Å². The van der Waals surface area contributed by atoms with E-state index >= 15 is 0 Å². The molecule has 0 unspecified atom stereocenters. The predicted molar refractivity (Wildman–Crippen MR) is 85.0 cm³/mol. The highest BCUT2D eigenvalue weighted by Crippen LogP contribution is 2.15. The SMILES string of the molecule is CCOc1ccc(NC(=O)CNC(=O)c2ccccc2F)cc1. The number of carbonyl (C=O) groups excluding carboxylic acids is 2. The summed E-state index contributed by atoms with van der Waals surface area (Å²) in [5, 5.41) is 5.01. The number of ether oxygens (including phenoxy) is 1. The monoisotopic (exact) mass is 316 g/mol. The van der Waals surface area contributed by atoms with Crippen molar-refractivity contribution in [3.05, 3.63) is 59.9 Å². The molecule has 0 heterocycles. The van der Waals surface area contributed by atoms with Crippen molar-refractivity contribution in [3.63, 3.8) is 0 Å². The van der Waals surface area contributed by atoms with Crippen LogP contribution in [0.15, 0.2) is 48.5 Å². The summed E-state index contributed by atoms with van der Waals surface area (Å²) in [4.78, 5) is 23.6. The second-order valence-electron chi connectivity index (χ2n) is 4.67. The zero-order valence-electron chi connectivity index (χ0n) is 12.6. The van der Waals surface area contributed by atoms with Crippen LogP contribution in [-0.2, 0) is 4.79 Å². The Hall–Kier alpha value is -2.89. The molecule has 0 aliphatic carbocycles. The highest BCUT2D eigenvalue weighted by atomic mass is 19.1. The van der Waals surface area contributed by atoms with Crippen LogP contribution in [0.3, 0.4) is 0 Å². The summed E-state index contributed by atoms with van der Waals surface area (Å²) in [7, 11) is 0. The molecule has 0 atom stereocenters. The van der Waals surface area contributed by atoms with Gasteiger partial charge in [0.2, 0.25) is 5.91 Å². The van der Waals surface area contributed by atoms with Crippen molar-refractivity contribution in [2.45, 2.75) is 6.92 Å². The number of amides is 2. The van der Waals surface area contributed by atoms with Gasteiger partial charge in [-0.2, -0.15) is 0 Å². The fraction of sp³-hybridized carbons (Fsp3) is 0.176. The lowest BCUT2D eigenvalue weighted by Gasteiger charge is -2.08. The van der Waals surface area contributed by atoms with Gasteiger partial charge in [-0.1, -0.05) is 12.1 Å². The van der Waals surface area contributed by atoms with Crippen molar-refractivity contribution in [2.24, 2.45) is 0 Å². The zero-order chi connectivity index (χ0) is 16.7. The second-order valence-corrected chi connectivity index (χ2v) is 4.67. The van der Waals surface area contributed by atoms with Gasteiger partial charge in [0.15, 0.2) is 0 Å². The molecule has 0 aliphatic rings. The molecule has 0 saturated heterocycles. The molecule has 0 saturated carbocycles. The van der Waals surface area contributed by atoms with E-state index in [-0.39, 0.29) is 12.1 Å². The molecule has 2 N–H and O–H groups in total. The van der Waals surface area contributed by atoms with Gasteiger partial charge in [-0.3, -0.25) is 9.59 Å². The molecular formula is C17H17FN2O3. The normalized spacial score (nSPS) is 10.0. The summed E-state index contributed by atoms with van der Waals surface area (Å²) in [6.07, 6.45) is 0. The molecule has 2 aromatic carbocycles. The van der Waals surface area contributed by atoms with Gasteiger partial charge < -0.3 is 15.4 Å². The Morgan fingerprint density at radius 1 is 1.09 bits per heavy atom. The molecule has 0 radical (unpaired) electrons. The summed E-state index contributed by atoms with van der Waals surface area (Å²) in [5.41, 5.74) is 0.486. The van der Waals surface area contributed by atoms with Crippen molar-refractivity contribution in [2.75, 3.05) is 18.5 Å². The number of hydrogen-bond donors (Lipinski definition) is 2. The zero-order valence-corrected chi connectivity index (χ0v) is 12.6. The van der Waals surface area contributed by atoms with E-state index in [1.54, 1.807) is 30.3 Å². The molecule has 0 aliphatic heterocycles. The largest absolute Gasteiger partial charge is 0.494 e. The number of rotatable bonds is 6. The molecule has 2 amide bonds. The molecule has 5 nitrogen and oxygen atoms in total. The van der Waals surface area contributed by atoms with Crippen molar-refractivity contribution in [3.8, 4) is 5.75 Å². The molecule has 2 rings (SSSR count). The molecule has 6 heteroatoms. The van der Waals surface area contributed by atoms with Gasteiger partial charge in [0.1, 0.15) is 11.6 Å². The molecule has 23 heavy (non-hydrogen) atoms. The minimum Gasteiger partial charge on any atom is -0.494 e. The van der Waals surface area contributed by atoms with Gasteiger partial charge in [-0.05, 0) is 43.3 Å². The van der Waals surface area contributed by atoms with Crippen molar-refractivity contribution < 1.29 is 18.7 Å². The number of hydrogen-bond acceptors (Lipinski definition) is 3. The van der Waals surface area contributed by atoms with E-state index in [4.69, 9.17) is 4.74 Å². The van der Waals surface area contributed by atoms with Gasteiger partial charge >= 0.3 is 0 Å². The van der Waals surface area contributed by atoms with E-state index in [0.29, 0.717) is 18.0 Å². The number of halogens is 1. The summed E-state index contributed by atoms with van der Waals surface area (Å²) < 4.78 is 18.7. The first-order chi connectivity index (χ1) is 11.1. The first-order valence-corrected chi connectivity index (χ1v) is 7.15. The lowest BCUT2D eigenvalue weighted by Crippen LogP contribution is -2.33.